The van der Waals surface area contributed by atoms with Crippen molar-refractivity contribution in [3.63, 3.8) is 0 Å². The van der Waals surface area contributed by atoms with Crippen LogP contribution < -0.4 is 10.6 Å². The second-order valence-corrected chi connectivity index (χ2v) is 5.78. The van der Waals surface area contributed by atoms with E-state index in [0.29, 0.717) is 19.0 Å². The number of hydrogen-bond acceptors (Lipinski definition) is 4. The van der Waals surface area contributed by atoms with Gasteiger partial charge in [0.15, 0.2) is 0 Å². The van der Waals surface area contributed by atoms with E-state index in [0.717, 1.165) is 18.6 Å². The minimum absolute atomic E-state index is 0.0678. The van der Waals surface area contributed by atoms with Gasteiger partial charge in [0, 0.05) is 37.0 Å². The Labute approximate surface area is 153 Å². The molecule has 2 rings (SSSR count). The van der Waals surface area contributed by atoms with Crippen molar-refractivity contribution in [1.29, 1.82) is 0 Å². The Hall–Kier alpha value is -2.32. The Bertz CT molecular complexity index is 769. The van der Waals surface area contributed by atoms with Gasteiger partial charge in [0.05, 0.1) is 11.3 Å². The molecule has 0 aliphatic heterocycles. The zero-order chi connectivity index (χ0) is 19.2. The first-order chi connectivity index (χ1) is 12.3. The van der Waals surface area contributed by atoms with E-state index >= 15 is 0 Å². The predicted octanol–water partition coefficient (Wildman–Crippen LogP) is 4.45. The van der Waals surface area contributed by atoms with Crippen molar-refractivity contribution in [2.45, 2.75) is 12.6 Å². The lowest BCUT2D eigenvalue weighted by molar-refractivity contribution is -0.136. The van der Waals surface area contributed by atoms with Crippen LogP contribution in [0.3, 0.4) is 0 Å². The number of benzene rings is 1. The summed E-state index contributed by atoms with van der Waals surface area (Å²) in [6.45, 7) is 1.16. The number of carbonyl (C=O) groups excluding carboxylic acids is 1. The number of ether oxygens (including phenoxy) is 1. The number of nitrogens with one attached hydrogen (secondary N) is 2. The van der Waals surface area contributed by atoms with Crippen LogP contribution in [0.4, 0.5) is 24.7 Å². The molecule has 0 spiro atoms. The van der Waals surface area contributed by atoms with Crippen molar-refractivity contribution in [2.24, 2.45) is 0 Å². The third kappa shape index (κ3) is 5.60. The van der Waals surface area contributed by atoms with Gasteiger partial charge in [0.2, 0.25) is 0 Å². The number of aromatic nitrogens is 1. The van der Waals surface area contributed by atoms with Crippen LogP contribution in [0.2, 0.25) is 5.02 Å². The molecule has 26 heavy (non-hydrogen) atoms. The van der Waals surface area contributed by atoms with Crippen LogP contribution in [-0.2, 0) is 10.9 Å². The highest BCUT2D eigenvalue weighted by atomic mass is 35.5. The Morgan fingerprint density at radius 1 is 1.27 bits per heavy atom. The van der Waals surface area contributed by atoms with Gasteiger partial charge in [-0.05, 0) is 36.8 Å². The minimum atomic E-state index is -4.64. The molecule has 0 bridgehead atoms. The van der Waals surface area contributed by atoms with Gasteiger partial charge in [0.1, 0.15) is 5.82 Å². The molecule has 2 aromatic rings. The van der Waals surface area contributed by atoms with E-state index in [1.807, 2.05) is 0 Å². The molecular formula is C17H17ClF3N3O2. The van der Waals surface area contributed by atoms with Crippen molar-refractivity contribution < 1.29 is 22.7 Å². The fourth-order valence-corrected chi connectivity index (χ4v) is 2.33. The van der Waals surface area contributed by atoms with Gasteiger partial charge in [-0.1, -0.05) is 11.6 Å². The summed E-state index contributed by atoms with van der Waals surface area (Å²) in [5, 5.41) is 5.22. The SMILES string of the molecule is COCCCNc1cc(C(=O)Nc2ccc(Cl)cc2C(F)(F)F)ccn1. The summed E-state index contributed by atoms with van der Waals surface area (Å²) in [7, 11) is 1.59. The fraction of sp³-hybridized carbons (Fsp3) is 0.294. The maximum absolute atomic E-state index is 13.1. The third-order valence-corrected chi connectivity index (χ3v) is 3.62. The van der Waals surface area contributed by atoms with Gasteiger partial charge in [-0.15, -0.1) is 0 Å². The lowest BCUT2D eigenvalue weighted by atomic mass is 10.1. The number of pyridine rings is 1. The molecule has 1 heterocycles. The van der Waals surface area contributed by atoms with E-state index in [2.05, 4.69) is 15.6 Å². The Balaban J connectivity index is 2.13. The molecule has 2 N–H and O–H groups in total. The number of alkyl halides is 3. The van der Waals surface area contributed by atoms with E-state index < -0.39 is 17.6 Å². The van der Waals surface area contributed by atoms with Crippen molar-refractivity contribution in [3.05, 3.63) is 52.7 Å². The molecule has 0 aliphatic carbocycles. The second kappa shape index (κ2) is 8.86. The quantitative estimate of drug-likeness (QED) is 0.689. The minimum Gasteiger partial charge on any atom is -0.385 e. The Morgan fingerprint density at radius 2 is 2.04 bits per heavy atom. The summed E-state index contributed by atoms with van der Waals surface area (Å²) < 4.78 is 44.3. The summed E-state index contributed by atoms with van der Waals surface area (Å²) in [6.07, 6.45) is -2.49. The molecule has 1 aromatic carbocycles. The lowest BCUT2D eigenvalue weighted by Gasteiger charge is -2.14. The van der Waals surface area contributed by atoms with Crippen LogP contribution in [0.1, 0.15) is 22.3 Å². The number of rotatable bonds is 7. The smallest absolute Gasteiger partial charge is 0.385 e. The van der Waals surface area contributed by atoms with E-state index in [9.17, 15) is 18.0 Å². The maximum Gasteiger partial charge on any atom is 0.418 e. The largest absolute Gasteiger partial charge is 0.418 e. The molecule has 1 amide bonds. The number of methoxy groups -OCH3 is 1. The molecule has 0 atom stereocenters. The highest BCUT2D eigenvalue weighted by molar-refractivity contribution is 6.30. The van der Waals surface area contributed by atoms with Gasteiger partial charge in [-0.25, -0.2) is 4.98 Å². The first-order valence-electron chi connectivity index (χ1n) is 7.68. The molecule has 0 fully saturated rings. The Kier molecular flexibility index (Phi) is 6.82. The average molecular weight is 388 g/mol. The van der Waals surface area contributed by atoms with Crippen molar-refractivity contribution >= 4 is 29.0 Å². The molecule has 0 saturated carbocycles. The van der Waals surface area contributed by atoms with Gasteiger partial charge in [0.25, 0.3) is 5.91 Å². The molecule has 0 aliphatic rings. The summed E-state index contributed by atoms with van der Waals surface area (Å²) >= 11 is 5.63. The van der Waals surface area contributed by atoms with Crippen LogP contribution >= 0.6 is 11.6 Å². The Morgan fingerprint density at radius 3 is 2.73 bits per heavy atom. The maximum atomic E-state index is 13.1. The number of carbonyl (C=O) groups is 1. The van der Waals surface area contributed by atoms with Gasteiger partial charge in [-0.3, -0.25) is 4.79 Å². The molecule has 0 saturated heterocycles. The van der Waals surface area contributed by atoms with E-state index in [-0.39, 0.29) is 16.3 Å². The molecule has 1 aromatic heterocycles. The summed E-state index contributed by atoms with van der Waals surface area (Å²) in [4.78, 5) is 16.4. The van der Waals surface area contributed by atoms with Crippen LogP contribution in [0, 0.1) is 0 Å². The van der Waals surface area contributed by atoms with Crippen molar-refractivity contribution in [2.75, 3.05) is 30.9 Å². The van der Waals surface area contributed by atoms with Crippen LogP contribution in [0.15, 0.2) is 36.5 Å². The summed E-state index contributed by atoms with van der Waals surface area (Å²) in [5.74, 6) is -0.235. The van der Waals surface area contributed by atoms with Crippen molar-refractivity contribution in [1.82, 2.24) is 4.98 Å². The number of nitrogens with zero attached hydrogens (tertiary/aromatic N) is 1. The third-order valence-electron chi connectivity index (χ3n) is 3.39. The van der Waals surface area contributed by atoms with Gasteiger partial charge >= 0.3 is 6.18 Å². The molecule has 0 unspecified atom stereocenters. The second-order valence-electron chi connectivity index (χ2n) is 5.34. The predicted molar refractivity (Wildman–Crippen MR) is 93.6 cm³/mol. The number of hydrogen-bond donors (Lipinski definition) is 2. The number of amides is 1. The highest BCUT2D eigenvalue weighted by Gasteiger charge is 2.34. The van der Waals surface area contributed by atoms with Crippen LogP contribution in [0.5, 0.6) is 0 Å². The highest BCUT2D eigenvalue weighted by Crippen LogP contribution is 2.36. The monoisotopic (exact) mass is 387 g/mol. The zero-order valence-corrected chi connectivity index (χ0v) is 14.6. The van der Waals surface area contributed by atoms with E-state index in [1.54, 1.807) is 7.11 Å². The van der Waals surface area contributed by atoms with E-state index in [4.69, 9.17) is 16.3 Å². The van der Waals surface area contributed by atoms with E-state index in [1.165, 1.54) is 24.4 Å². The van der Waals surface area contributed by atoms with Crippen LogP contribution in [-0.4, -0.2) is 31.2 Å². The van der Waals surface area contributed by atoms with Crippen molar-refractivity contribution in [3.8, 4) is 0 Å². The number of halogens is 4. The average Bonchev–Trinajstić information content (AvgIpc) is 2.59. The van der Waals surface area contributed by atoms with Gasteiger partial charge in [-0.2, -0.15) is 13.2 Å². The van der Waals surface area contributed by atoms with Crippen LogP contribution in [0.25, 0.3) is 0 Å². The normalized spacial score (nSPS) is 11.3. The standard InChI is InChI=1S/C17H17ClF3N3O2/c1-26-8-2-6-22-15-9-11(5-7-23-15)16(25)24-14-4-3-12(18)10-13(14)17(19,20)21/h3-5,7,9-10H,2,6,8H2,1H3,(H,22,23)(H,24,25). The lowest BCUT2D eigenvalue weighted by Crippen LogP contribution is -2.17. The number of anilines is 2. The summed E-state index contributed by atoms with van der Waals surface area (Å²) in [6, 6.07) is 6.05. The zero-order valence-electron chi connectivity index (χ0n) is 13.9. The molecule has 0 radical (unpaired) electrons. The first-order valence-corrected chi connectivity index (χ1v) is 8.06. The molecule has 9 heteroatoms. The summed E-state index contributed by atoms with van der Waals surface area (Å²) in [5.41, 5.74) is -1.19. The first kappa shape index (κ1) is 20.0. The fourth-order valence-electron chi connectivity index (χ4n) is 2.16. The van der Waals surface area contributed by atoms with Gasteiger partial charge < -0.3 is 15.4 Å². The molecule has 140 valence electrons. The molecular weight excluding hydrogens is 371 g/mol. The molecule has 5 nitrogen and oxygen atoms in total. The topological polar surface area (TPSA) is 63.2 Å².